The van der Waals surface area contributed by atoms with Gasteiger partial charge in [-0.2, -0.15) is 0 Å². The minimum Gasteiger partial charge on any atom is -1.00 e. The van der Waals surface area contributed by atoms with Gasteiger partial charge in [-0.05, 0) is 171 Å². The summed E-state index contributed by atoms with van der Waals surface area (Å²) in [5, 5.41) is 0. The Labute approximate surface area is 401 Å². The van der Waals surface area contributed by atoms with Crippen molar-refractivity contribution >= 4 is 23.8 Å². The molecule has 62 heavy (non-hydrogen) atoms. The minimum absolute atomic E-state index is 0. The van der Waals surface area contributed by atoms with Crippen LogP contribution in [0, 0.1) is 6.92 Å². The number of benzene rings is 2. The summed E-state index contributed by atoms with van der Waals surface area (Å²) in [7, 11) is 0. The third-order valence-corrected chi connectivity index (χ3v) is 16.4. The molecule has 6 aliphatic carbocycles. The molecule has 0 amide bonds. The van der Waals surface area contributed by atoms with Crippen LogP contribution in [0.25, 0.3) is 0 Å². The average molecular weight is 914 g/mol. The van der Waals surface area contributed by atoms with Gasteiger partial charge in [-0.3, -0.25) is 9.98 Å². The summed E-state index contributed by atoms with van der Waals surface area (Å²) in [6, 6.07) is 15.2. The van der Waals surface area contributed by atoms with Crippen LogP contribution in [0.5, 0.6) is 0 Å². The minimum atomic E-state index is 0. The molecule has 6 saturated carbocycles. The van der Waals surface area contributed by atoms with Gasteiger partial charge in [0, 0.05) is 0 Å². The third kappa shape index (κ3) is 12.3. The van der Waals surface area contributed by atoms with Crippen molar-refractivity contribution in [2.24, 2.45) is 9.98 Å². The summed E-state index contributed by atoms with van der Waals surface area (Å²) in [6.07, 6.45) is 45.1. The molecule has 9 rings (SSSR count). The molecule has 0 N–H and O–H groups in total. The molecule has 1 heterocycles. The van der Waals surface area contributed by atoms with Crippen LogP contribution in [-0.4, -0.2) is 17.4 Å². The maximum absolute atomic E-state index is 5.59. The molecule has 0 atom stereocenters. The van der Waals surface area contributed by atoms with E-state index in [1.54, 1.807) is 33.4 Å². The van der Waals surface area contributed by atoms with Gasteiger partial charge in [-0.15, -0.1) is 0 Å². The Morgan fingerprint density at radius 2 is 0.613 bits per heavy atom. The van der Waals surface area contributed by atoms with Crippen molar-refractivity contribution < 1.29 is 43.4 Å². The number of nitrogens with zero attached hydrogens (tertiary/aromatic N) is 3. The van der Waals surface area contributed by atoms with Gasteiger partial charge in [0.25, 0.3) is 0 Å². The Kier molecular flexibility index (Phi) is 19.6. The summed E-state index contributed by atoms with van der Waals surface area (Å²) in [5.41, 5.74) is 15.4. The van der Waals surface area contributed by atoms with Crippen LogP contribution >= 0.6 is 0 Å². The fourth-order valence-corrected chi connectivity index (χ4v) is 13.1. The predicted octanol–water partition coefficient (Wildman–Crippen LogP) is 11.2. The second-order valence-electron chi connectivity index (χ2n) is 20.6. The van der Waals surface area contributed by atoms with E-state index >= 15 is 0 Å². The molecule has 6 heteroatoms. The van der Waals surface area contributed by atoms with E-state index in [0.29, 0.717) is 23.7 Å². The van der Waals surface area contributed by atoms with Gasteiger partial charge in [0.1, 0.15) is 0 Å². The first-order chi connectivity index (χ1) is 29.2. The zero-order valence-corrected chi connectivity index (χ0v) is 41.2. The van der Waals surface area contributed by atoms with Crippen molar-refractivity contribution in [2.45, 2.75) is 235 Å². The maximum Gasteiger partial charge on any atom is 2.00 e. The number of rotatable bonds is 10. The fraction of sp³-hybridized carbons (Fsp3) is 0.661. The summed E-state index contributed by atoms with van der Waals surface area (Å²) in [6.45, 7) is 2.23. The number of hydrogen-bond donors (Lipinski definition) is 0. The van der Waals surface area contributed by atoms with Crippen LogP contribution in [0.2, 0.25) is 0 Å². The molecule has 335 valence electrons. The second kappa shape index (κ2) is 24.6. The summed E-state index contributed by atoms with van der Waals surface area (Å²) >= 11 is 0. The molecule has 0 bridgehead atoms. The summed E-state index contributed by atoms with van der Waals surface area (Å²) in [4.78, 5) is 16.5. The predicted molar refractivity (Wildman–Crippen MR) is 251 cm³/mol. The van der Waals surface area contributed by atoms with E-state index < -0.39 is 0 Å². The Balaban J connectivity index is 0.00000214. The molecule has 0 unspecified atom stereocenters. The molecule has 2 aromatic carbocycles. The average Bonchev–Trinajstić information content (AvgIpc) is 3.31. The molecule has 6 fully saturated rings. The van der Waals surface area contributed by atoms with Crippen LogP contribution in [0.1, 0.15) is 278 Å². The van der Waals surface area contributed by atoms with E-state index in [0.717, 1.165) is 23.2 Å². The molecule has 0 aliphatic heterocycles. The van der Waals surface area contributed by atoms with Crippen molar-refractivity contribution in [1.29, 1.82) is 0 Å². The van der Waals surface area contributed by atoms with Gasteiger partial charge < -0.3 is 24.8 Å². The number of aromatic nitrogens is 1. The smallest absolute Gasteiger partial charge is 1.00 e. The van der Waals surface area contributed by atoms with Crippen LogP contribution in [0.15, 0.2) is 46.4 Å². The van der Waals surface area contributed by atoms with Crippen LogP contribution in [0.3, 0.4) is 0 Å². The molecule has 3 aromatic rings. The van der Waals surface area contributed by atoms with Crippen molar-refractivity contribution in [3.63, 3.8) is 0 Å². The zero-order valence-electron chi connectivity index (χ0n) is 38.3. The number of aliphatic imine (C=N–C) groups is 2. The van der Waals surface area contributed by atoms with E-state index in [9.17, 15) is 0 Å². The molecule has 3 nitrogen and oxygen atoms in total. The van der Waals surface area contributed by atoms with Gasteiger partial charge in [-0.1, -0.05) is 140 Å². The maximum atomic E-state index is 5.59. The Morgan fingerprint density at radius 3 is 0.871 bits per heavy atom. The van der Waals surface area contributed by atoms with Crippen LogP contribution < -0.4 is 24.8 Å². The monoisotopic (exact) mass is 912 g/mol. The van der Waals surface area contributed by atoms with Crippen molar-refractivity contribution in [3.8, 4) is 0 Å². The van der Waals surface area contributed by atoms with E-state index in [4.69, 9.17) is 15.0 Å². The Morgan fingerprint density at radius 1 is 0.371 bits per heavy atom. The summed E-state index contributed by atoms with van der Waals surface area (Å²) in [5.74, 6) is 4.00. The molecule has 0 saturated heterocycles. The first kappa shape index (κ1) is 49.5. The second-order valence-corrected chi connectivity index (χ2v) is 20.6. The molecular formula is C56H77Cl2N3V. The first-order valence-electron chi connectivity index (χ1n) is 25.6. The van der Waals surface area contributed by atoms with E-state index in [1.165, 1.54) is 210 Å². The zero-order chi connectivity index (χ0) is 39.8. The van der Waals surface area contributed by atoms with E-state index in [2.05, 4.69) is 55.8 Å². The van der Waals surface area contributed by atoms with Gasteiger partial charge in [0.05, 0.1) is 35.2 Å². The van der Waals surface area contributed by atoms with Gasteiger partial charge >= 0.3 is 18.6 Å². The SMILES string of the molecule is Cc1cc(C=Nc2c(C3CCCCC3)cc(C3CCCCC3)cc2C2CCCCC2)nc(C=Nc2c(C3CCCCC3)cc(C3CCCCC3)cc2C2CCCCC2)c1.[Cl-].[Cl-].[V+2]. The number of aryl methyl sites for hydroxylation is 1. The van der Waals surface area contributed by atoms with E-state index in [1.807, 2.05) is 0 Å². The quantitative estimate of drug-likeness (QED) is 0.187. The topological polar surface area (TPSA) is 37.6 Å². The molecule has 6 aliphatic rings. The Bertz CT molecular complexity index is 1690. The Hall–Kier alpha value is -1.91. The molecule has 1 aromatic heterocycles. The van der Waals surface area contributed by atoms with E-state index in [-0.39, 0.29) is 43.4 Å². The number of hydrogen-bond acceptors (Lipinski definition) is 3. The standard InChI is InChI=1S/C56H77N3.2ClH.V/c1-40-32-49(38-57-55-51(43-24-12-4-13-25-43)34-47(41-20-8-2-9-21-41)35-52(55)44-26-14-5-15-27-44)59-50(33-40)39-58-56-53(45-28-16-6-17-29-45)36-48(42-22-10-3-11-23-42)37-54(56)46-30-18-7-19-31-46;;;/h32-39,41-46H,2-31H2,1H3;2*1H;/q;;;+2/p-2. The van der Waals surface area contributed by atoms with Gasteiger partial charge in [0.2, 0.25) is 0 Å². The molecule has 1 radical (unpaired) electrons. The number of halogens is 2. The first-order valence-corrected chi connectivity index (χ1v) is 25.6. The van der Waals surface area contributed by atoms with Gasteiger partial charge in [-0.25, -0.2) is 4.98 Å². The normalized spacial score (nSPS) is 22.0. The van der Waals surface area contributed by atoms with Crippen LogP contribution in [-0.2, 0) is 18.6 Å². The fourth-order valence-electron chi connectivity index (χ4n) is 13.1. The third-order valence-electron chi connectivity index (χ3n) is 16.4. The van der Waals surface area contributed by atoms with Gasteiger partial charge in [0.15, 0.2) is 0 Å². The van der Waals surface area contributed by atoms with Crippen molar-refractivity contribution in [1.82, 2.24) is 4.98 Å². The number of pyridine rings is 1. The van der Waals surface area contributed by atoms with Crippen LogP contribution in [0.4, 0.5) is 11.4 Å². The largest absolute Gasteiger partial charge is 2.00 e. The molecule has 0 spiro atoms. The summed E-state index contributed by atoms with van der Waals surface area (Å²) < 4.78 is 0. The molecular weight excluding hydrogens is 836 g/mol. The van der Waals surface area contributed by atoms with Crippen molar-refractivity contribution in [3.05, 3.63) is 86.7 Å². The van der Waals surface area contributed by atoms with Crippen molar-refractivity contribution in [2.75, 3.05) is 0 Å².